The third-order valence-electron chi connectivity index (χ3n) is 4.49. The standard InChI is InChI=1S/C20H23BrN4O/c1-14(17-7-6-8-18(13-17)24-10-4-5-11-24)22-19(26)9-12-25-16(3)20(21)15(2)23-25/h4-8,10-11,13-14H,9,12H2,1-3H3,(H,22,26). The minimum absolute atomic E-state index is 0.0209. The van der Waals surface area contributed by atoms with Gasteiger partial charge in [0.1, 0.15) is 0 Å². The number of aryl methyl sites for hydroxylation is 2. The molecule has 1 atom stereocenters. The van der Waals surface area contributed by atoms with Gasteiger partial charge in [-0.3, -0.25) is 9.48 Å². The molecule has 136 valence electrons. The maximum absolute atomic E-state index is 12.3. The largest absolute Gasteiger partial charge is 0.350 e. The molecule has 0 spiro atoms. The van der Waals surface area contributed by atoms with Crippen LogP contribution in [0, 0.1) is 13.8 Å². The maximum atomic E-state index is 12.3. The smallest absolute Gasteiger partial charge is 0.222 e. The summed E-state index contributed by atoms with van der Waals surface area (Å²) in [7, 11) is 0. The number of nitrogens with zero attached hydrogens (tertiary/aromatic N) is 3. The number of amides is 1. The first kappa shape index (κ1) is 18.5. The van der Waals surface area contributed by atoms with Gasteiger partial charge in [0.2, 0.25) is 5.91 Å². The zero-order chi connectivity index (χ0) is 18.7. The predicted molar refractivity (Wildman–Crippen MR) is 106 cm³/mol. The first-order chi connectivity index (χ1) is 12.5. The van der Waals surface area contributed by atoms with Crippen molar-refractivity contribution >= 4 is 21.8 Å². The Morgan fingerprint density at radius 3 is 2.62 bits per heavy atom. The Morgan fingerprint density at radius 2 is 1.96 bits per heavy atom. The summed E-state index contributed by atoms with van der Waals surface area (Å²) < 4.78 is 4.93. The highest BCUT2D eigenvalue weighted by molar-refractivity contribution is 9.10. The fraction of sp³-hybridized carbons (Fsp3) is 0.300. The Kier molecular flexibility index (Phi) is 5.61. The Hall–Kier alpha value is -2.34. The molecule has 0 fully saturated rings. The highest BCUT2D eigenvalue weighted by Gasteiger charge is 2.13. The minimum atomic E-state index is -0.0507. The normalized spacial score (nSPS) is 12.2. The molecule has 0 bridgehead atoms. The summed E-state index contributed by atoms with van der Waals surface area (Å²) in [5, 5.41) is 7.52. The van der Waals surface area contributed by atoms with Crippen LogP contribution in [0.25, 0.3) is 5.69 Å². The van der Waals surface area contributed by atoms with Gasteiger partial charge in [0.05, 0.1) is 22.8 Å². The molecule has 1 unspecified atom stereocenters. The predicted octanol–water partition coefficient (Wildman–Crippen LogP) is 4.32. The number of nitrogens with one attached hydrogen (secondary N) is 1. The summed E-state index contributed by atoms with van der Waals surface area (Å²) >= 11 is 3.52. The molecule has 1 amide bonds. The van der Waals surface area contributed by atoms with Crippen LogP contribution in [0.15, 0.2) is 53.3 Å². The molecule has 3 aromatic rings. The molecule has 0 aliphatic carbocycles. The molecule has 3 rings (SSSR count). The van der Waals surface area contributed by atoms with Crippen molar-refractivity contribution in [3.8, 4) is 5.69 Å². The van der Waals surface area contributed by atoms with E-state index in [-0.39, 0.29) is 11.9 Å². The van der Waals surface area contributed by atoms with Crippen LogP contribution in [0.2, 0.25) is 0 Å². The molecule has 0 aliphatic heterocycles. The van der Waals surface area contributed by atoms with Gasteiger partial charge in [-0.1, -0.05) is 12.1 Å². The van der Waals surface area contributed by atoms with Crippen LogP contribution in [0.3, 0.4) is 0 Å². The van der Waals surface area contributed by atoms with E-state index in [1.165, 1.54) is 0 Å². The molecule has 2 heterocycles. The van der Waals surface area contributed by atoms with Gasteiger partial charge < -0.3 is 9.88 Å². The van der Waals surface area contributed by atoms with Crippen molar-refractivity contribution in [2.45, 2.75) is 39.8 Å². The van der Waals surface area contributed by atoms with E-state index in [4.69, 9.17) is 0 Å². The van der Waals surface area contributed by atoms with E-state index in [2.05, 4.69) is 43.0 Å². The van der Waals surface area contributed by atoms with E-state index < -0.39 is 0 Å². The van der Waals surface area contributed by atoms with E-state index in [1.54, 1.807) is 0 Å². The molecule has 0 saturated carbocycles. The summed E-state index contributed by atoms with van der Waals surface area (Å²) in [6.07, 6.45) is 4.42. The van der Waals surface area contributed by atoms with E-state index in [0.29, 0.717) is 13.0 Å². The molecule has 0 aliphatic rings. The second kappa shape index (κ2) is 7.91. The monoisotopic (exact) mass is 414 g/mol. The fourth-order valence-electron chi connectivity index (χ4n) is 2.96. The van der Waals surface area contributed by atoms with Crippen molar-refractivity contribution in [2.75, 3.05) is 0 Å². The van der Waals surface area contributed by atoms with Gasteiger partial charge in [-0.05, 0) is 66.5 Å². The van der Waals surface area contributed by atoms with Gasteiger partial charge in [0.15, 0.2) is 0 Å². The molecule has 1 N–H and O–H groups in total. The van der Waals surface area contributed by atoms with Gasteiger partial charge in [0.25, 0.3) is 0 Å². The molecular weight excluding hydrogens is 392 g/mol. The lowest BCUT2D eigenvalue weighted by Gasteiger charge is -2.16. The van der Waals surface area contributed by atoms with Crippen LogP contribution in [0.1, 0.15) is 36.3 Å². The Morgan fingerprint density at radius 1 is 1.23 bits per heavy atom. The average molecular weight is 415 g/mol. The van der Waals surface area contributed by atoms with Crippen molar-refractivity contribution in [3.05, 3.63) is 70.2 Å². The number of halogens is 1. The zero-order valence-electron chi connectivity index (χ0n) is 15.2. The van der Waals surface area contributed by atoms with E-state index >= 15 is 0 Å². The first-order valence-electron chi connectivity index (χ1n) is 8.68. The van der Waals surface area contributed by atoms with Gasteiger partial charge in [0, 0.05) is 30.2 Å². The number of hydrogen-bond acceptors (Lipinski definition) is 2. The first-order valence-corrected chi connectivity index (χ1v) is 9.47. The molecule has 0 saturated heterocycles. The van der Waals surface area contributed by atoms with Crippen LogP contribution < -0.4 is 5.32 Å². The summed E-state index contributed by atoms with van der Waals surface area (Å²) in [5.74, 6) is 0.0209. The second-order valence-corrected chi connectivity index (χ2v) is 7.23. The van der Waals surface area contributed by atoms with Crippen molar-refractivity contribution in [1.29, 1.82) is 0 Å². The molecule has 1 aromatic carbocycles. The van der Waals surface area contributed by atoms with Crippen molar-refractivity contribution in [3.63, 3.8) is 0 Å². The third-order valence-corrected chi connectivity index (χ3v) is 5.64. The fourth-order valence-corrected chi connectivity index (χ4v) is 3.24. The maximum Gasteiger partial charge on any atom is 0.222 e. The third kappa shape index (κ3) is 4.07. The topological polar surface area (TPSA) is 51.9 Å². The Labute approximate surface area is 162 Å². The molecule has 0 radical (unpaired) electrons. The SMILES string of the molecule is Cc1nn(CCC(=O)NC(C)c2cccc(-n3cccc3)c2)c(C)c1Br. The molecule has 26 heavy (non-hydrogen) atoms. The summed E-state index contributed by atoms with van der Waals surface area (Å²) in [4.78, 5) is 12.3. The number of benzene rings is 1. The average Bonchev–Trinajstić information content (AvgIpc) is 3.25. The summed E-state index contributed by atoms with van der Waals surface area (Å²) in [6.45, 7) is 6.53. The summed E-state index contributed by atoms with van der Waals surface area (Å²) in [6, 6.07) is 12.1. The molecule has 6 heteroatoms. The number of rotatable bonds is 6. The summed E-state index contributed by atoms with van der Waals surface area (Å²) in [5.41, 5.74) is 4.15. The minimum Gasteiger partial charge on any atom is -0.350 e. The quantitative estimate of drug-likeness (QED) is 0.652. The van der Waals surface area contributed by atoms with Crippen LogP contribution in [-0.2, 0) is 11.3 Å². The highest BCUT2D eigenvalue weighted by atomic mass is 79.9. The molecular formula is C20H23BrN4O. The lowest BCUT2D eigenvalue weighted by molar-refractivity contribution is -0.122. The van der Waals surface area contributed by atoms with Gasteiger partial charge in [-0.15, -0.1) is 0 Å². The van der Waals surface area contributed by atoms with E-state index in [1.807, 2.05) is 62.1 Å². The van der Waals surface area contributed by atoms with Gasteiger partial charge >= 0.3 is 0 Å². The highest BCUT2D eigenvalue weighted by Crippen LogP contribution is 2.20. The molecule has 5 nitrogen and oxygen atoms in total. The van der Waals surface area contributed by atoms with Gasteiger partial charge in [-0.25, -0.2) is 0 Å². The van der Waals surface area contributed by atoms with E-state index in [9.17, 15) is 4.79 Å². The van der Waals surface area contributed by atoms with Crippen molar-refractivity contribution < 1.29 is 4.79 Å². The number of hydrogen-bond donors (Lipinski definition) is 1. The second-order valence-electron chi connectivity index (χ2n) is 6.43. The lowest BCUT2D eigenvalue weighted by Crippen LogP contribution is -2.27. The number of carbonyl (C=O) groups is 1. The van der Waals surface area contributed by atoms with E-state index in [0.717, 1.165) is 27.1 Å². The Bertz CT molecular complexity index is 899. The Balaban J connectivity index is 1.60. The lowest BCUT2D eigenvalue weighted by atomic mass is 10.1. The van der Waals surface area contributed by atoms with Crippen molar-refractivity contribution in [2.24, 2.45) is 0 Å². The van der Waals surface area contributed by atoms with Crippen LogP contribution in [0.5, 0.6) is 0 Å². The van der Waals surface area contributed by atoms with Gasteiger partial charge in [-0.2, -0.15) is 5.10 Å². The van der Waals surface area contributed by atoms with Crippen molar-refractivity contribution in [1.82, 2.24) is 19.7 Å². The number of carbonyl (C=O) groups excluding carboxylic acids is 1. The zero-order valence-corrected chi connectivity index (χ0v) is 16.8. The van der Waals surface area contributed by atoms with Crippen LogP contribution in [-0.4, -0.2) is 20.3 Å². The number of aromatic nitrogens is 3. The van der Waals surface area contributed by atoms with Crippen LogP contribution >= 0.6 is 15.9 Å². The molecule has 2 aromatic heterocycles. The van der Waals surface area contributed by atoms with Crippen LogP contribution in [0.4, 0.5) is 0 Å².